The van der Waals surface area contributed by atoms with E-state index in [1.54, 1.807) is 12.1 Å². The minimum absolute atomic E-state index is 0.458. The molecule has 1 nitrogen and oxygen atoms in total. The zero-order valence-electron chi connectivity index (χ0n) is 9.35. The predicted octanol–water partition coefficient (Wildman–Crippen LogP) is 3.17. The second kappa shape index (κ2) is 3.48. The Kier molecular flexibility index (Phi) is 2.27. The SMILES string of the molecule is FC(F)(F)c1ccc(C2CC3(CNC3)C2)cc1. The Bertz CT molecular complexity index is 409. The summed E-state index contributed by atoms with van der Waals surface area (Å²) in [7, 11) is 0. The van der Waals surface area contributed by atoms with Gasteiger partial charge >= 0.3 is 6.18 Å². The number of benzene rings is 1. The van der Waals surface area contributed by atoms with Crippen LogP contribution in [-0.2, 0) is 6.18 Å². The lowest BCUT2D eigenvalue weighted by molar-refractivity contribution is -0.137. The topological polar surface area (TPSA) is 12.0 Å². The van der Waals surface area contributed by atoms with Crippen molar-refractivity contribution in [2.75, 3.05) is 13.1 Å². The van der Waals surface area contributed by atoms with Crippen LogP contribution in [0.1, 0.15) is 29.9 Å². The Morgan fingerprint density at radius 3 is 2.06 bits per heavy atom. The first-order valence-corrected chi connectivity index (χ1v) is 5.86. The molecule has 1 saturated carbocycles. The molecule has 1 aliphatic heterocycles. The van der Waals surface area contributed by atoms with E-state index in [-0.39, 0.29) is 0 Å². The summed E-state index contributed by atoms with van der Waals surface area (Å²) in [5, 5.41) is 3.26. The van der Waals surface area contributed by atoms with Crippen LogP contribution in [0.2, 0.25) is 0 Å². The lowest BCUT2D eigenvalue weighted by Crippen LogP contribution is -2.59. The molecule has 0 unspecified atom stereocenters. The smallest absolute Gasteiger partial charge is 0.316 e. The molecule has 17 heavy (non-hydrogen) atoms. The average molecular weight is 241 g/mol. The number of hydrogen-bond acceptors (Lipinski definition) is 1. The molecule has 1 heterocycles. The minimum Gasteiger partial charge on any atom is -0.316 e. The van der Waals surface area contributed by atoms with Gasteiger partial charge in [0, 0.05) is 13.1 Å². The van der Waals surface area contributed by atoms with E-state index >= 15 is 0 Å². The summed E-state index contributed by atoms with van der Waals surface area (Å²) in [5.74, 6) is 0.458. The van der Waals surface area contributed by atoms with Gasteiger partial charge in [-0.05, 0) is 41.9 Å². The molecule has 0 bridgehead atoms. The van der Waals surface area contributed by atoms with Crippen LogP contribution < -0.4 is 5.32 Å². The quantitative estimate of drug-likeness (QED) is 0.796. The fraction of sp³-hybridized carbons (Fsp3) is 0.538. The summed E-state index contributed by atoms with van der Waals surface area (Å²) in [6.45, 7) is 2.15. The van der Waals surface area contributed by atoms with Crippen molar-refractivity contribution in [2.45, 2.75) is 24.9 Å². The first kappa shape index (κ1) is 11.1. The molecule has 1 N–H and O–H groups in total. The highest BCUT2D eigenvalue weighted by Gasteiger charge is 2.48. The molecule has 4 heteroatoms. The lowest BCUT2D eigenvalue weighted by Gasteiger charge is -2.54. The van der Waals surface area contributed by atoms with Crippen molar-refractivity contribution >= 4 is 0 Å². The lowest BCUT2D eigenvalue weighted by atomic mass is 9.57. The number of nitrogens with one attached hydrogen (secondary N) is 1. The van der Waals surface area contributed by atoms with Gasteiger partial charge in [0.05, 0.1) is 5.56 Å². The second-order valence-corrected chi connectivity index (χ2v) is 5.33. The number of alkyl halides is 3. The molecule has 0 atom stereocenters. The zero-order valence-corrected chi connectivity index (χ0v) is 9.35. The van der Waals surface area contributed by atoms with Gasteiger partial charge < -0.3 is 5.32 Å². The maximum absolute atomic E-state index is 12.4. The Morgan fingerprint density at radius 1 is 1.06 bits per heavy atom. The largest absolute Gasteiger partial charge is 0.416 e. The second-order valence-electron chi connectivity index (χ2n) is 5.33. The fourth-order valence-corrected chi connectivity index (χ4v) is 2.93. The Balaban J connectivity index is 1.69. The van der Waals surface area contributed by atoms with Gasteiger partial charge in [0.15, 0.2) is 0 Å². The molecule has 3 rings (SSSR count). The standard InChI is InChI=1S/C13H14F3N/c14-13(15,16)11-3-1-9(2-4-11)10-5-12(6-10)7-17-8-12/h1-4,10,17H,5-8H2. The predicted molar refractivity (Wildman–Crippen MR) is 58.7 cm³/mol. The molecule has 92 valence electrons. The van der Waals surface area contributed by atoms with Crippen LogP contribution in [0.15, 0.2) is 24.3 Å². The van der Waals surface area contributed by atoms with Crippen molar-refractivity contribution in [1.29, 1.82) is 0 Å². The third kappa shape index (κ3) is 1.84. The highest BCUT2D eigenvalue weighted by Crippen LogP contribution is 2.53. The summed E-state index contributed by atoms with van der Waals surface area (Å²) >= 11 is 0. The number of hydrogen-bond donors (Lipinski definition) is 1. The fourth-order valence-electron chi connectivity index (χ4n) is 2.93. The van der Waals surface area contributed by atoms with E-state index in [0.717, 1.165) is 31.5 Å². The Morgan fingerprint density at radius 2 is 1.65 bits per heavy atom. The van der Waals surface area contributed by atoms with E-state index in [2.05, 4.69) is 5.32 Å². The molecule has 0 aromatic heterocycles. The average Bonchev–Trinajstić information content (AvgIpc) is 2.12. The molecule has 2 fully saturated rings. The van der Waals surface area contributed by atoms with Gasteiger partial charge in [-0.15, -0.1) is 0 Å². The summed E-state index contributed by atoms with van der Waals surface area (Å²) < 4.78 is 37.2. The monoisotopic (exact) mass is 241 g/mol. The van der Waals surface area contributed by atoms with Crippen molar-refractivity contribution in [3.05, 3.63) is 35.4 Å². The van der Waals surface area contributed by atoms with Crippen LogP contribution in [-0.4, -0.2) is 13.1 Å². The van der Waals surface area contributed by atoms with Gasteiger partial charge in [-0.1, -0.05) is 12.1 Å². The van der Waals surface area contributed by atoms with E-state index in [9.17, 15) is 13.2 Å². The Labute approximate surface area is 98.0 Å². The van der Waals surface area contributed by atoms with Crippen LogP contribution in [0.4, 0.5) is 13.2 Å². The van der Waals surface area contributed by atoms with Gasteiger partial charge in [0.1, 0.15) is 0 Å². The molecule has 1 spiro atoms. The van der Waals surface area contributed by atoms with Gasteiger partial charge in [-0.2, -0.15) is 13.2 Å². The van der Waals surface area contributed by atoms with Gasteiger partial charge in [0.25, 0.3) is 0 Å². The minimum atomic E-state index is -4.22. The van der Waals surface area contributed by atoms with Crippen molar-refractivity contribution in [1.82, 2.24) is 5.32 Å². The van der Waals surface area contributed by atoms with Crippen LogP contribution in [0.3, 0.4) is 0 Å². The summed E-state index contributed by atoms with van der Waals surface area (Å²) in [6.07, 6.45) is -1.99. The van der Waals surface area contributed by atoms with Gasteiger partial charge in [-0.3, -0.25) is 0 Å². The normalized spacial score (nSPS) is 23.2. The molecule has 1 aromatic carbocycles. The van der Waals surface area contributed by atoms with E-state index in [0.29, 0.717) is 11.3 Å². The zero-order chi connectivity index (χ0) is 12.1. The van der Waals surface area contributed by atoms with Crippen LogP contribution in [0.25, 0.3) is 0 Å². The first-order valence-electron chi connectivity index (χ1n) is 5.86. The number of halogens is 3. The molecule has 1 aromatic rings. The highest BCUT2D eigenvalue weighted by molar-refractivity contribution is 5.30. The maximum atomic E-state index is 12.4. The van der Waals surface area contributed by atoms with Crippen molar-refractivity contribution < 1.29 is 13.2 Å². The van der Waals surface area contributed by atoms with Crippen molar-refractivity contribution in [3.63, 3.8) is 0 Å². The Hall–Kier alpha value is -1.03. The van der Waals surface area contributed by atoms with Gasteiger partial charge in [0.2, 0.25) is 0 Å². The molecule has 2 aliphatic rings. The molecule has 1 saturated heterocycles. The first-order chi connectivity index (χ1) is 7.99. The third-order valence-corrected chi connectivity index (χ3v) is 4.07. The van der Waals surface area contributed by atoms with Crippen molar-refractivity contribution in [2.24, 2.45) is 5.41 Å². The van der Waals surface area contributed by atoms with E-state index in [1.807, 2.05) is 0 Å². The maximum Gasteiger partial charge on any atom is 0.416 e. The van der Waals surface area contributed by atoms with E-state index in [1.165, 1.54) is 12.1 Å². The van der Waals surface area contributed by atoms with E-state index in [4.69, 9.17) is 0 Å². The van der Waals surface area contributed by atoms with Crippen LogP contribution in [0.5, 0.6) is 0 Å². The molecular weight excluding hydrogens is 227 g/mol. The van der Waals surface area contributed by atoms with Gasteiger partial charge in [-0.25, -0.2) is 0 Å². The summed E-state index contributed by atoms with van der Waals surface area (Å²) in [6, 6.07) is 5.65. The molecule has 1 aliphatic carbocycles. The molecule has 0 amide bonds. The summed E-state index contributed by atoms with van der Waals surface area (Å²) in [4.78, 5) is 0. The van der Waals surface area contributed by atoms with Crippen molar-refractivity contribution in [3.8, 4) is 0 Å². The summed E-state index contributed by atoms with van der Waals surface area (Å²) in [5.41, 5.74) is 0.962. The van der Waals surface area contributed by atoms with E-state index < -0.39 is 11.7 Å². The van der Waals surface area contributed by atoms with Crippen LogP contribution in [0, 0.1) is 5.41 Å². The van der Waals surface area contributed by atoms with Crippen LogP contribution >= 0.6 is 0 Å². The molecular formula is C13H14F3N. The number of rotatable bonds is 1. The molecule has 0 radical (unpaired) electrons. The highest BCUT2D eigenvalue weighted by atomic mass is 19.4. The third-order valence-electron chi connectivity index (χ3n) is 4.07.